The second-order valence-electron chi connectivity index (χ2n) is 6.29. The van der Waals surface area contributed by atoms with Crippen LogP contribution in [0.15, 0.2) is 22.7 Å². The molecular weight excluding hydrogens is 338 g/mol. The summed E-state index contributed by atoms with van der Waals surface area (Å²) < 4.78 is 0.984. The largest absolute Gasteiger partial charge is 0.392 e. The van der Waals surface area contributed by atoms with E-state index in [-0.39, 0.29) is 6.10 Å². The first-order valence-corrected chi connectivity index (χ1v) is 8.55. The molecule has 1 aromatic carbocycles. The third kappa shape index (κ3) is 2.92. The van der Waals surface area contributed by atoms with E-state index in [0.717, 1.165) is 27.9 Å². The monoisotopic (exact) mass is 357 g/mol. The highest BCUT2D eigenvalue weighted by molar-refractivity contribution is 9.10. The summed E-state index contributed by atoms with van der Waals surface area (Å²) in [4.78, 5) is 2.51. The molecule has 0 amide bonds. The van der Waals surface area contributed by atoms with Crippen LogP contribution in [0.4, 0.5) is 0 Å². The molecule has 2 saturated heterocycles. The van der Waals surface area contributed by atoms with Gasteiger partial charge in [-0.05, 0) is 56.3 Å². The van der Waals surface area contributed by atoms with Crippen LogP contribution in [0, 0.1) is 5.92 Å². The molecule has 0 aromatic heterocycles. The van der Waals surface area contributed by atoms with Gasteiger partial charge in [0, 0.05) is 28.0 Å². The molecule has 3 rings (SSSR count). The van der Waals surface area contributed by atoms with Crippen molar-refractivity contribution in [3.05, 3.63) is 33.3 Å². The first kappa shape index (κ1) is 14.8. The van der Waals surface area contributed by atoms with E-state index in [1.807, 2.05) is 18.2 Å². The average Bonchev–Trinajstić information content (AvgIpc) is 2.64. The van der Waals surface area contributed by atoms with Crippen LogP contribution in [0.2, 0.25) is 5.02 Å². The molecule has 0 spiro atoms. The normalized spacial score (nSPS) is 31.5. The molecule has 0 radical (unpaired) electrons. The van der Waals surface area contributed by atoms with Gasteiger partial charge in [-0.3, -0.25) is 0 Å². The quantitative estimate of drug-likeness (QED) is 0.886. The second-order valence-corrected chi connectivity index (χ2v) is 7.61. The molecule has 3 unspecified atom stereocenters. The minimum atomic E-state index is -0.273. The molecule has 2 heterocycles. The van der Waals surface area contributed by atoms with Gasteiger partial charge in [0.15, 0.2) is 0 Å². The fourth-order valence-corrected chi connectivity index (χ4v) is 4.60. The summed E-state index contributed by atoms with van der Waals surface area (Å²) in [6, 6.07) is 7.26. The molecule has 4 heteroatoms. The fourth-order valence-electron chi connectivity index (χ4n) is 3.85. The van der Waals surface area contributed by atoms with Gasteiger partial charge in [-0.15, -0.1) is 0 Å². The van der Waals surface area contributed by atoms with Crippen LogP contribution >= 0.6 is 27.5 Å². The molecular formula is C16H21BrClNO. The highest BCUT2D eigenvalue weighted by Crippen LogP contribution is 2.39. The molecule has 3 atom stereocenters. The lowest BCUT2D eigenvalue weighted by atomic mass is 9.84. The van der Waals surface area contributed by atoms with E-state index in [0.29, 0.717) is 24.4 Å². The Morgan fingerprint density at radius 3 is 2.60 bits per heavy atom. The SMILES string of the molecule is CN1C2CCC1CC(C(O)Cc1ccc(Br)cc1Cl)C2. The summed E-state index contributed by atoms with van der Waals surface area (Å²) in [5.74, 6) is 0.420. The zero-order valence-corrected chi connectivity index (χ0v) is 14.1. The van der Waals surface area contributed by atoms with Crippen LogP contribution in [-0.4, -0.2) is 35.2 Å². The highest BCUT2D eigenvalue weighted by Gasteiger charge is 2.40. The van der Waals surface area contributed by atoms with Crippen molar-refractivity contribution in [3.63, 3.8) is 0 Å². The minimum absolute atomic E-state index is 0.273. The van der Waals surface area contributed by atoms with Crippen molar-refractivity contribution >= 4 is 27.5 Å². The Bertz CT molecular complexity index is 481. The van der Waals surface area contributed by atoms with Gasteiger partial charge in [-0.25, -0.2) is 0 Å². The topological polar surface area (TPSA) is 23.5 Å². The van der Waals surface area contributed by atoms with Crippen molar-refractivity contribution in [3.8, 4) is 0 Å². The Balaban J connectivity index is 1.66. The lowest BCUT2D eigenvalue weighted by Crippen LogP contribution is -2.43. The van der Waals surface area contributed by atoms with Gasteiger partial charge in [0.1, 0.15) is 0 Å². The summed E-state index contributed by atoms with van der Waals surface area (Å²) in [7, 11) is 2.23. The number of aliphatic hydroxyl groups is 1. The Kier molecular flexibility index (Phi) is 4.42. The number of rotatable bonds is 3. The maximum absolute atomic E-state index is 10.6. The number of fused-ring (bicyclic) bond motifs is 2. The van der Waals surface area contributed by atoms with Gasteiger partial charge in [-0.2, -0.15) is 0 Å². The molecule has 2 bridgehead atoms. The van der Waals surface area contributed by atoms with E-state index < -0.39 is 0 Å². The number of aliphatic hydroxyl groups excluding tert-OH is 1. The van der Waals surface area contributed by atoms with Crippen LogP contribution in [0.25, 0.3) is 0 Å². The van der Waals surface area contributed by atoms with Crippen LogP contribution in [0.1, 0.15) is 31.2 Å². The van der Waals surface area contributed by atoms with E-state index >= 15 is 0 Å². The lowest BCUT2D eigenvalue weighted by Gasteiger charge is -2.38. The number of piperidine rings is 1. The van der Waals surface area contributed by atoms with E-state index in [2.05, 4.69) is 27.9 Å². The van der Waals surface area contributed by atoms with Crippen molar-refractivity contribution in [1.82, 2.24) is 4.90 Å². The van der Waals surface area contributed by atoms with Crippen molar-refractivity contribution < 1.29 is 5.11 Å². The maximum Gasteiger partial charge on any atom is 0.0610 e. The van der Waals surface area contributed by atoms with E-state index in [4.69, 9.17) is 11.6 Å². The van der Waals surface area contributed by atoms with Gasteiger partial charge in [0.05, 0.1) is 6.10 Å². The lowest BCUT2D eigenvalue weighted by molar-refractivity contribution is 0.0368. The molecule has 110 valence electrons. The molecule has 2 aliphatic rings. The summed E-state index contributed by atoms with van der Waals surface area (Å²) in [6.45, 7) is 0. The first-order valence-electron chi connectivity index (χ1n) is 7.38. The van der Waals surface area contributed by atoms with Gasteiger partial charge >= 0.3 is 0 Å². The van der Waals surface area contributed by atoms with Crippen LogP contribution in [-0.2, 0) is 6.42 Å². The molecule has 2 nitrogen and oxygen atoms in total. The average molecular weight is 359 g/mol. The van der Waals surface area contributed by atoms with Crippen molar-refractivity contribution in [2.24, 2.45) is 5.92 Å². The second kappa shape index (κ2) is 5.96. The van der Waals surface area contributed by atoms with Crippen molar-refractivity contribution in [2.75, 3.05) is 7.05 Å². The van der Waals surface area contributed by atoms with E-state index in [1.165, 1.54) is 12.8 Å². The molecule has 2 fully saturated rings. The van der Waals surface area contributed by atoms with Gasteiger partial charge in [-0.1, -0.05) is 33.6 Å². The zero-order chi connectivity index (χ0) is 14.3. The number of hydrogen-bond acceptors (Lipinski definition) is 2. The van der Waals surface area contributed by atoms with E-state index in [1.54, 1.807) is 0 Å². The van der Waals surface area contributed by atoms with Crippen molar-refractivity contribution in [2.45, 2.75) is 50.3 Å². The predicted octanol–water partition coefficient (Wildman–Crippen LogP) is 3.88. The van der Waals surface area contributed by atoms with Gasteiger partial charge in [0.25, 0.3) is 0 Å². The third-order valence-electron chi connectivity index (χ3n) is 5.12. The number of benzene rings is 1. The first-order chi connectivity index (χ1) is 9.54. The van der Waals surface area contributed by atoms with Crippen LogP contribution in [0.5, 0.6) is 0 Å². The predicted molar refractivity (Wildman–Crippen MR) is 86.2 cm³/mol. The Hall–Kier alpha value is -0.0900. The Morgan fingerprint density at radius 2 is 2.00 bits per heavy atom. The fraction of sp³-hybridized carbons (Fsp3) is 0.625. The summed E-state index contributed by atoms with van der Waals surface area (Å²) >= 11 is 9.67. The number of hydrogen-bond donors (Lipinski definition) is 1. The summed E-state index contributed by atoms with van der Waals surface area (Å²) in [5, 5.41) is 11.3. The summed E-state index contributed by atoms with van der Waals surface area (Å²) in [5.41, 5.74) is 1.05. The van der Waals surface area contributed by atoms with Crippen LogP contribution < -0.4 is 0 Å². The number of halogens is 2. The third-order valence-corrected chi connectivity index (χ3v) is 5.97. The van der Waals surface area contributed by atoms with E-state index in [9.17, 15) is 5.11 Å². The molecule has 2 aliphatic heterocycles. The van der Waals surface area contributed by atoms with Crippen LogP contribution in [0.3, 0.4) is 0 Å². The molecule has 20 heavy (non-hydrogen) atoms. The molecule has 1 aromatic rings. The molecule has 1 N–H and O–H groups in total. The van der Waals surface area contributed by atoms with Gasteiger partial charge < -0.3 is 10.0 Å². The highest BCUT2D eigenvalue weighted by atomic mass is 79.9. The minimum Gasteiger partial charge on any atom is -0.392 e. The number of nitrogens with zero attached hydrogens (tertiary/aromatic N) is 1. The Morgan fingerprint density at radius 1 is 1.35 bits per heavy atom. The smallest absolute Gasteiger partial charge is 0.0610 e. The Labute approximate surface area is 134 Å². The molecule has 0 aliphatic carbocycles. The maximum atomic E-state index is 10.6. The van der Waals surface area contributed by atoms with Gasteiger partial charge in [0.2, 0.25) is 0 Å². The van der Waals surface area contributed by atoms with Crippen molar-refractivity contribution in [1.29, 1.82) is 0 Å². The molecule has 0 saturated carbocycles. The zero-order valence-electron chi connectivity index (χ0n) is 11.7. The standard InChI is InChI=1S/C16H21BrClNO/c1-19-13-4-5-14(19)7-11(6-13)16(20)8-10-2-3-12(17)9-15(10)18/h2-3,9,11,13-14,16,20H,4-8H2,1H3. The summed E-state index contributed by atoms with van der Waals surface area (Å²) in [6.07, 6.45) is 5.24.